The molecule has 0 aromatic rings. The highest BCUT2D eigenvalue weighted by molar-refractivity contribution is 7.60. The fourth-order valence-electron chi connectivity index (χ4n) is 6.18. The quantitative estimate of drug-likeness (QED) is 0.364. The van der Waals surface area contributed by atoms with Crippen molar-refractivity contribution in [1.82, 2.24) is 15.1 Å². The second-order valence-corrected chi connectivity index (χ2v) is 13.5. The van der Waals surface area contributed by atoms with Crippen molar-refractivity contribution in [2.24, 2.45) is 5.73 Å². The van der Waals surface area contributed by atoms with Gasteiger partial charge in [-0.15, -0.1) is 0 Å². The van der Waals surface area contributed by atoms with Gasteiger partial charge in [-0.05, 0) is 106 Å². The molecule has 4 aliphatic heterocycles. The minimum atomic E-state index is -0.903. The van der Waals surface area contributed by atoms with Gasteiger partial charge in [0.25, 0.3) is 0 Å². The lowest BCUT2D eigenvalue weighted by atomic mass is 10.1. The lowest BCUT2D eigenvalue weighted by molar-refractivity contribution is -0.164. The van der Waals surface area contributed by atoms with Gasteiger partial charge >= 0.3 is 18.0 Å². The molecule has 4 fully saturated rings. The van der Waals surface area contributed by atoms with Gasteiger partial charge < -0.3 is 35.4 Å². The van der Waals surface area contributed by atoms with E-state index in [1.54, 1.807) is 25.7 Å². The van der Waals surface area contributed by atoms with Crippen LogP contribution in [-0.2, 0) is 28.7 Å². The molecule has 4 aliphatic rings. The first-order valence-corrected chi connectivity index (χ1v) is 14.8. The summed E-state index contributed by atoms with van der Waals surface area (Å²) in [7, 11) is 0. The molecule has 0 aromatic heterocycles. The van der Waals surface area contributed by atoms with Crippen LogP contribution in [0, 0.1) is 0 Å². The van der Waals surface area contributed by atoms with Crippen LogP contribution in [-0.4, -0.2) is 92.2 Å². The summed E-state index contributed by atoms with van der Waals surface area (Å²) in [5.41, 5.74) is 4.48. The summed E-state index contributed by atoms with van der Waals surface area (Å²) < 4.78 is 10.8. The molecule has 0 radical (unpaired) electrons. The van der Waals surface area contributed by atoms with E-state index in [2.05, 4.69) is 5.32 Å². The van der Waals surface area contributed by atoms with Crippen LogP contribution >= 0.6 is 81.0 Å². The molecule has 0 spiro atoms. The maximum atomic E-state index is 13.1. The van der Waals surface area contributed by atoms with E-state index in [-0.39, 0.29) is 111 Å². The fraction of sp³-hybridized carbons (Fsp3) is 0.828. The van der Waals surface area contributed by atoms with Gasteiger partial charge in [-0.3, -0.25) is 9.59 Å². The molecule has 18 heteroatoms. The molecule has 4 rings (SSSR count). The molecule has 0 bridgehead atoms. The number of hydrogen-bond acceptors (Lipinski definition) is 8. The normalized spacial score (nSPS) is 26.4. The fourth-order valence-corrected chi connectivity index (χ4v) is 6.18. The van der Waals surface area contributed by atoms with E-state index in [9.17, 15) is 24.0 Å². The second kappa shape index (κ2) is 22.1. The molecule has 0 saturated carbocycles. The van der Waals surface area contributed by atoms with Crippen LogP contribution in [0.15, 0.2) is 0 Å². The number of amides is 3. The highest BCUT2D eigenvalue weighted by atomic mass is 32.1. The predicted molar refractivity (Wildman–Crippen MR) is 212 cm³/mol. The van der Waals surface area contributed by atoms with Crippen LogP contribution in [0.1, 0.15) is 106 Å². The first kappa shape index (κ1) is 53.0. The van der Waals surface area contributed by atoms with Gasteiger partial charge in [0.1, 0.15) is 29.3 Å². The number of nitrogens with zero attached hydrogens (tertiary/aromatic N) is 2. The Morgan fingerprint density at radius 2 is 1.13 bits per heavy atom. The molecular weight excluding hydrogens is 725 g/mol. The number of alkyl carbamates (subject to hydrolysis) is 1. The number of hydrogen-bond donors (Lipinski definition) is 3. The van der Waals surface area contributed by atoms with Gasteiger partial charge in [0.15, 0.2) is 0 Å². The van der Waals surface area contributed by atoms with Crippen molar-refractivity contribution in [3.05, 3.63) is 0 Å². The van der Waals surface area contributed by atoms with Crippen LogP contribution in [0.2, 0.25) is 0 Å². The third-order valence-electron chi connectivity index (χ3n) is 7.87. The topological polar surface area (TPSA) is 169 Å². The summed E-state index contributed by atoms with van der Waals surface area (Å²) in [4.78, 5) is 63.7. The number of carboxylic acids is 1. The van der Waals surface area contributed by atoms with Crippen LogP contribution in [0.5, 0.6) is 0 Å². The molecule has 6 atom stereocenters. The van der Waals surface area contributed by atoms with E-state index in [0.29, 0.717) is 25.7 Å². The number of nitrogens with two attached hydrogens (primary N) is 1. The largest absolute Gasteiger partial charge is 0.480 e. The Hall–Kier alpha value is -0.790. The smallest absolute Gasteiger partial charge is 0.408 e. The van der Waals surface area contributed by atoms with E-state index < -0.39 is 47.4 Å². The van der Waals surface area contributed by atoms with Crippen LogP contribution in [0.25, 0.3) is 0 Å². The Balaban J connectivity index is -0.000000384. The molecule has 0 aliphatic carbocycles. The SMILES string of the molecule is CC(C)(C)OC(=O)N[C@H]1CCC[C@H]2CC[C@@H](C(=O)OC(C)(C)C)N2C1=O.N[C@H]1CCC[C@H]2CC[C@@H](C(=O)O)N2C1=O.S.S.S.S.S.S. The van der Waals surface area contributed by atoms with Crippen molar-refractivity contribution in [2.45, 2.75) is 153 Å². The van der Waals surface area contributed by atoms with Crippen molar-refractivity contribution in [3.8, 4) is 0 Å². The molecule has 0 aromatic carbocycles. The van der Waals surface area contributed by atoms with Gasteiger partial charge in [0.05, 0.1) is 6.04 Å². The lowest BCUT2D eigenvalue weighted by Crippen LogP contribution is -2.54. The van der Waals surface area contributed by atoms with E-state index in [1.165, 1.54) is 4.90 Å². The molecular formula is C29H60N4O8S6. The zero-order valence-corrected chi connectivity index (χ0v) is 34.3. The summed E-state index contributed by atoms with van der Waals surface area (Å²) in [6, 6.07) is -2.26. The average Bonchev–Trinajstić information content (AvgIpc) is 3.38. The summed E-state index contributed by atoms with van der Waals surface area (Å²) in [5, 5.41) is 11.7. The van der Waals surface area contributed by atoms with Gasteiger partial charge in [-0.1, -0.05) is 0 Å². The van der Waals surface area contributed by atoms with E-state index in [1.807, 2.05) is 20.8 Å². The number of carbonyl (C=O) groups is 5. The number of rotatable bonds is 3. The predicted octanol–water partition coefficient (Wildman–Crippen LogP) is 3.38. The Morgan fingerprint density at radius 3 is 1.60 bits per heavy atom. The minimum Gasteiger partial charge on any atom is -0.480 e. The van der Waals surface area contributed by atoms with Gasteiger partial charge in [-0.2, -0.15) is 81.0 Å². The lowest BCUT2D eigenvalue weighted by Gasteiger charge is -2.32. The molecule has 280 valence electrons. The Kier molecular flexibility index (Phi) is 24.9. The number of carbonyl (C=O) groups excluding carboxylic acids is 4. The second-order valence-electron chi connectivity index (χ2n) is 13.5. The highest BCUT2D eigenvalue weighted by Gasteiger charge is 2.46. The van der Waals surface area contributed by atoms with Crippen LogP contribution in [0.4, 0.5) is 4.79 Å². The number of fused-ring (bicyclic) bond motifs is 2. The Morgan fingerprint density at radius 1 is 0.681 bits per heavy atom. The zero-order valence-electron chi connectivity index (χ0n) is 28.3. The molecule has 0 unspecified atom stereocenters. The van der Waals surface area contributed by atoms with Crippen molar-refractivity contribution in [1.29, 1.82) is 0 Å². The summed E-state index contributed by atoms with van der Waals surface area (Å²) in [6.07, 6.45) is 6.83. The third-order valence-corrected chi connectivity index (χ3v) is 7.87. The molecule has 4 saturated heterocycles. The first-order valence-electron chi connectivity index (χ1n) is 14.8. The maximum absolute atomic E-state index is 13.1. The van der Waals surface area contributed by atoms with Gasteiger partial charge in [0.2, 0.25) is 11.8 Å². The molecule has 47 heavy (non-hydrogen) atoms. The number of esters is 1. The molecule has 3 amide bonds. The molecule has 12 nitrogen and oxygen atoms in total. The van der Waals surface area contributed by atoms with Crippen molar-refractivity contribution in [2.75, 3.05) is 0 Å². The van der Waals surface area contributed by atoms with Gasteiger partial charge in [-0.25, -0.2) is 14.4 Å². The van der Waals surface area contributed by atoms with Crippen LogP contribution < -0.4 is 11.1 Å². The van der Waals surface area contributed by atoms with Crippen molar-refractivity contribution >= 4 is 111 Å². The molecule has 4 heterocycles. The average molecular weight is 785 g/mol. The summed E-state index contributed by atoms with van der Waals surface area (Å²) >= 11 is 0. The molecule has 4 N–H and O–H groups in total. The number of carboxylic acid groups (broad SMARTS) is 1. The first-order chi connectivity index (χ1) is 19.0. The van der Waals surface area contributed by atoms with Gasteiger partial charge in [0, 0.05) is 12.1 Å². The monoisotopic (exact) mass is 784 g/mol. The van der Waals surface area contributed by atoms with Crippen molar-refractivity contribution < 1.29 is 38.6 Å². The maximum Gasteiger partial charge on any atom is 0.408 e. The van der Waals surface area contributed by atoms with E-state index in [0.717, 1.165) is 38.5 Å². The summed E-state index contributed by atoms with van der Waals surface area (Å²) in [5.74, 6) is -1.67. The van der Waals surface area contributed by atoms with E-state index >= 15 is 0 Å². The third kappa shape index (κ3) is 14.9. The van der Waals surface area contributed by atoms with E-state index in [4.69, 9.17) is 20.3 Å². The standard InChI is InChI=1S/C19H32N2O5.C10H16N2O3.6H2S/c1-18(2,3)25-16(23)14-11-10-12-8-7-9-13(15(22)21(12)14)20-17(24)26-19(4,5)6;11-7-3-1-2-6-4-5-8(10(14)15)12(6)9(7)13;;;;;;/h12-14H,7-11H2,1-6H3,(H,20,24);6-8H,1-5,11H2,(H,14,15);6*1H2/t12-,13-,14-;6-,7-,8-;;;;;;/m00....../s1. The zero-order chi connectivity index (χ0) is 30.7. The minimum absolute atomic E-state index is 0. The number of ether oxygens (including phenoxy) is 2. The number of aliphatic carboxylic acids is 1. The Labute approximate surface area is 321 Å². The Bertz CT molecular complexity index is 1030. The van der Waals surface area contributed by atoms with Crippen molar-refractivity contribution in [3.63, 3.8) is 0 Å². The number of nitrogens with one attached hydrogen (secondary N) is 1. The summed E-state index contributed by atoms with van der Waals surface area (Å²) in [6.45, 7) is 10.8. The van der Waals surface area contributed by atoms with Crippen LogP contribution in [0.3, 0.4) is 0 Å². The highest BCUT2D eigenvalue weighted by Crippen LogP contribution is 2.33.